The smallest absolute Gasteiger partial charge is 0.134 e. The predicted octanol–water partition coefficient (Wildman–Crippen LogP) is 2.56. The van der Waals surface area contributed by atoms with E-state index in [-0.39, 0.29) is 6.04 Å². The van der Waals surface area contributed by atoms with Gasteiger partial charge in [0.15, 0.2) is 0 Å². The summed E-state index contributed by atoms with van der Waals surface area (Å²) < 4.78 is 12.4. The zero-order chi connectivity index (χ0) is 14.5. The second kappa shape index (κ2) is 7.08. The van der Waals surface area contributed by atoms with E-state index in [1.165, 1.54) is 0 Å². The number of thiophene rings is 1. The summed E-state index contributed by atoms with van der Waals surface area (Å²) in [5.41, 5.74) is 0.923. The van der Waals surface area contributed by atoms with Gasteiger partial charge in [-0.25, -0.2) is 0 Å². The summed E-state index contributed by atoms with van der Waals surface area (Å²) in [6.07, 6.45) is 1.66. The van der Waals surface area contributed by atoms with Gasteiger partial charge in [-0.15, -0.1) is 11.3 Å². The number of methoxy groups -OCH3 is 2. The Kier molecular flexibility index (Phi) is 5.42. The van der Waals surface area contributed by atoms with Crippen LogP contribution in [0.5, 0.6) is 5.75 Å². The molecule has 1 atom stereocenters. The lowest BCUT2D eigenvalue weighted by Crippen LogP contribution is -2.22. The van der Waals surface area contributed by atoms with Gasteiger partial charge in [0, 0.05) is 7.11 Å². The van der Waals surface area contributed by atoms with Crippen LogP contribution in [0.25, 0.3) is 0 Å². The number of hydrogen-bond acceptors (Lipinski definition) is 5. The molecule has 0 aliphatic heterocycles. The average molecular weight is 316 g/mol. The van der Waals surface area contributed by atoms with Crippen LogP contribution in [0, 0.1) is 0 Å². The average Bonchev–Trinajstić information content (AvgIpc) is 3.06. The summed E-state index contributed by atoms with van der Waals surface area (Å²) in [6.45, 7) is 1.24. The highest BCUT2D eigenvalue weighted by Crippen LogP contribution is 2.36. The maximum Gasteiger partial charge on any atom is 0.134 e. The molecule has 0 bridgehead atoms. The molecule has 2 aromatic rings. The van der Waals surface area contributed by atoms with E-state index in [0.717, 1.165) is 16.3 Å². The van der Waals surface area contributed by atoms with Crippen molar-refractivity contribution in [1.82, 2.24) is 15.1 Å². The van der Waals surface area contributed by atoms with Crippen molar-refractivity contribution >= 4 is 22.9 Å². The lowest BCUT2D eigenvalue weighted by Gasteiger charge is -2.18. The molecule has 1 N–H and O–H groups in total. The van der Waals surface area contributed by atoms with Gasteiger partial charge in [-0.3, -0.25) is 4.68 Å². The predicted molar refractivity (Wildman–Crippen MR) is 80.9 cm³/mol. The van der Waals surface area contributed by atoms with Crippen molar-refractivity contribution in [2.24, 2.45) is 0 Å². The molecule has 5 nitrogen and oxygen atoms in total. The highest BCUT2D eigenvalue weighted by atomic mass is 35.5. The molecule has 0 saturated heterocycles. The van der Waals surface area contributed by atoms with Crippen LogP contribution in [0.3, 0.4) is 0 Å². The second-order valence-corrected chi connectivity index (χ2v) is 5.52. The fourth-order valence-electron chi connectivity index (χ4n) is 2.10. The lowest BCUT2D eigenvalue weighted by atomic mass is 10.1. The molecule has 0 aliphatic rings. The Morgan fingerprint density at radius 2 is 2.30 bits per heavy atom. The highest BCUT2D eigenvalue weighted by Gasteiger charge is 2.24. The van der Waals surface area contributed by atoms with Crippen molar-refractivity contribution in [2.75, 3.05) is 27.9 Å². The Morgan fingerprint density at radius 1 is 1.50 bits per heavy atom. The quantitative estimate of drug-likeness (QED) is 0.853. The van der Waals surface area contributed by atoms with Crippen molar-refractivity contribution in [1.29, 1.82) is 0 Å². The molecular formula is C13H18ClN3O2S. The number of ether oxygens (including phenoxy) is 2. The first-order valence-corrected chi connectivity index (χ1v) is 7.47. The fraction of sp³-hybridized carbons (Fsp3) is 0.462. The Bertz CT molecular complexity index is 556. The summed E-state index contributed by atoms with van der Waals surface area (Å²) in [4.78, 5) is 1.08. The molecule has 0 spiro atoms. The minimum absolute atomic E-state index is 0.0585. The zero-order valence-corrected chi connectivity index (χ0v) is 13.3. The number of halogens is 1. The molecule has 0 radical (unpaired) electrons. The van der Waals surface area contributed by atoms with Crippen molar-refractivity contribution in [3.05, 3.63) is 33.2 Å². The van der Waals surface area contributed by atoms with Crippen LogP contribution in [-0.2, 0) is 11.3 Å². The maximum absolute atomic E-state index is 6.31. The standard InChI is InChI=1S/C13H18ClN3O2S/c1-15-11(13-10(19-3)4-7-20-13)12-9(14)8-16-17(12)5-6-18-2/h4,7-8,11,15H,5-6H2,1-3H3. The molecule has 0 saturated carbocycles. The van der Waals surface area contributed by atoms with Gasteiger partial charge in [0.1, 0.15) is 5.75 Å². The van der Waals surface area contributed by atoms with E-state index < -0.39 is 0 Å². The van der Waals surface area contributed by atoms with Crippen LogP contribution < -0.4 is 10.1 Å². The highest BCUT2D eigenvalue weighted by molar-refractivity contribution is 7.10. The third kappa shape index (κ3) is 2.98. The van der Waals surface area contributed by atoms with Crippen molar-refractivity contribution < 1.29 is 9.47 Å². The van der Waals surface area contributed by atoms with Gasteiger partial charge in [-0.2, -0.15) is 5.10 Å². The van der Waals surface area contributed by atoms with Gasteiger partial charge < -0.3 is 14.8 Å². The minimum atomic E-state index is -0.0585. The molecule has 7 heteroatoms. The first-order valence-electron chi connectivity index (χ1n) is 6.21. The molecule has 0 aromatic carbocycles. The van der Waals surface area contributed by atoms with Crippen LogP contribution in [0.2, 0.25) is 5.02 Å². The summed E-state index contributed by atoms with van der Waals surface area (Å²) in [5, 5.41) is 10.2. The summed E-state index contributed by atoms with van der Waals surface area (Å²) in [5.74, 6) is 0.852. The van der Waals surface area contributed by atoms with Crippen LogP contribution in [0.15, 0.2) is 17.6 Å². The Labute approximate surface area is 127 Å². The summed E-state index contributed by atoms with van der Waals surface area (Å²) in [6, 6.07) is 1.89. The van der Waals surface area contributed by atoms with Gasteiger partial charge in [0.25, 0.3) is 0 Å². The second-order valence-electron chi connectivity index (χ2n) is 4.17. The Morgan fingerprint density at radius 3 is 2.95 bits per heavy atom. The molecule has 0 amide bonds. The Balaban J connectivity index is 2.39. The van der Waals surface area contributed by atoms with E-state index in [0.29, 0.717) is 18.2 Å². The van der Waals surface area contributed by atoms with Gasteiger partial charge in [0.05, 0.1) is 48.1 Å². The molecule has 2 heterocycles. The molecule has 2 aromatic heterocycles. The van der Waals surface area contributed by atoms with Gasteiger partial charge in [-0.05, 0) is 18.5 Å². The van der Waals surface area contributed by atoms with Crippen molar-refractivity contribution in [3.63, 3.8) is 0 Å². The summed E-state index contributed by atoms with van der Waals surface area (Å²) >= 11 is 7.94. The lowest BCUT2D eigenvalue weighted by molar-refractivity contribution is 0.182. The van der Waals surface area contributed by atoms with Crippen LogP contribution >= 0.6 is 22.9 Å². The van der Waals surface area contributed by atoms with Crippen molar-refractivity contribution in [2.45, 2.75) is 12.6 Å². The van der Waals surface area contributed by atoms with Gasteiger partial charge in [0.2, 0.25) is 0 Å². The molecule has 2 rings (SSSR count). The van der Waals surface area contributed by atoms with E-state index in [4.69, 9.17) is 21.1 Å². The van der Waals surface area contributed by atoms with E-state index in [2.05, 4.69) is 10.4 Å². The number of aromatic nitrogens is 2. The third-order valence-electron chi connectivity index (χ3n) is 3.04. The first kappa shape index (κ1) is 15.3. The number of hydrogen-bond donors (Lipinski definition) is 1. The van der Waals surface area contributed by atoms with Crippen LogP contribution in [0.4, 0.5) is 0 Å². The van der Waals surface area contributed by atoms with Crippen molar-refractivity contribution in [3.8, 4) is 5.75 Å². The zero-order valence-electron chi connectivity index (χ0n) is 11.7. The topological polar surface area (TPSA) is 48.3 Å². The van der Waals surface area contributed by atoms with Crippen LogP contribution in [0.1, 0.15) is 16.6 Å². The largest absolute Gasteiger partial charge is 0.496 e. The van der Waals surface area contributed by atoms with E-state index in [9.17, 15) is 0 Å². The molecule has 20 heavy (non-hydrogen) atoms. The molecule has 1 unspecified atom stereocenters. The molecular weight excluding hydrogens is 298 g/mol. The molecule has 110 valence electrons. The Hall–Kier alpha value is -1.08. The number of rotatable bonds is 7. The van der Waals surface area contributed by atoms with Crippen LogP contribution in [-0.4, -0.2) is 37.7 Å². The summed E-state index contributed by atoms with van der Waals surface area (Å²) in [7, 11) is 5.23. The minimum Gasteiger partial charge on any atom is -0.496 e. The van der Waals surface area contributed by atoms with E-state index in [1.54, 1.807) is 31.8 Å². The monoisotopic (exact) mass is 315 g/mol. The third-order valence-corrected chi connectivity index (χ3v) is 4.30. The number of nitrogens with one attached hydrogen (secondary N) is 1. The molecule has 0 fully saturated rings. The number of nitrogens with zero attached hydrogens (tertiary/aromatic N) is 2. The molecule has 0 aliphatic carbocycles. The maximum atomic E-state index is 6.31. The first-order chi connectivity index (χ1) is 9.72. The van der Waals surface area contributed by atoms with E-state index in [1.807, 2.05) is 23.2 Å². The van der Waals surface area contributed by atoms with Gasteiger partial charge >= 0.3 is 0 Å². The normalized spacial score (nSPS) is 12.6. The van der Waals surface area contributed by atoms with Gasteiger partial charge in [-0.1, -0.05) is 11.6 Å². The fourth-order valence-corrected chi connectivity index (χ4v) is 3.32. The SMILES string of the molecule is CNC(c1sccc1OC)c1c(Cl)cnn1CCOC. The van der Waals surface area contributed by atoms with E-state index >= 15 is 0 Å².